The predicted octanol–water partition coefficient (Wildman–Crippen LogP) is 2.87. The lowest BCUT2D eigenvalue weighted by Gasteiger charge is -2.04. The standard InChI is InChI=1S/C16H14N2O3/c1-21-14-5-3-2-4-11(14)16-17-12-7-6-10(9-15(19)20)8-13(12)18-16/h2-8H,9H2,1H3,(H,17,18)(H,19,20). The smallest absolute Gasteiger partial charge is 0.307 e. The summed E-state index contributed by atoms with van der Waals surface area (Å²) in [6.07, 6.45) is -0.00104. The molecule has 5 heteroatoms. The van der Waals surface area contributed by atoms with Crippen molar-refractivity contribution in [1.82, 2.24) is 9.97 Å². The molecule has 3 rings (SSSR count). The number of carbonyl (C=O) groups is 1. The minimum absolute atomic E-state index is 0.00104. The Bertz CT molecular complexity index is 808. The van der Waals surface area contributed by atoms with Gasteiger partial charge in [0.2, 0.25) is 0 Å². The van der Waals surface area contributed by atoms with Crippen LogP contribution >= 0.6 is 0 Å². The van der Waals surface area contributed by atoms with E-state index in [0.29, 0.717) is 5.82 Å². The number of nitrogens with zero attached hydrogens (tertiary/aromatic N) is 1. The van der Waals surface area contributed by atoms with Gasteiger partial charge in [-0.3, -0.25) is 4.79 Å². The molecule has 0 saturated heterocycles. The van der Waals surface area contributed by atoms with Gasteiger partial charge in [0.1, 0.15) is 11.6 Å². The molecule has 0 radical (unpaired) electrons. The van der Waals surface area contributed by atoms with E-state index < -0.39 is 5.97 Å². The Hall–Kier alpha value is -2.82. The molecular weight excluding hydrogens is 268 g/mol. The normalized spacial score (nSPS) is 10.7. The van der Waals surface area contributed by atoms with Gasteiger partial charge in [-0.15, -0.1) is 0 Å². The zero-order valence-electron chi connectivity index (χ0n) is 11.5. The summed E-state index contributed by atoms with van der Waals surface area (Å²) < 4.78 is 5.33. The lowest BCUT2D eigenvalue weighted by Crippen LogP contribution is -1.99. The Morgan fingerprint density at radius 2 is 2.10 bits per heavy atom. The van der Waals surface area contributed by atoms with Crippen molar-refractivity contribution in [3.63, 3.8) is 0 Å². The van der Waals surface area contributed by atoms with Gasteiger partial charge < -0.3 is 14.8 Å². The van der Waals surface area contributed by atoms with Crippen LogP contribution in [0.3, 0.4) is 0 Å². The van der Waals surface area contributed by atoms with Crippen molar-refractivity contribution in [2.45, 2.75) is 6.42 Å². The van der Waals surface area contributed by atoms with Crippen molar-refractivity contribution in [2.75, 3.05) is 7.11 Å². The van der Waals surface area contributed by atoms with Gasteiger partial charge in [-0.25, -0.2) is 4.98 Å². The van der Waals surface area contributed by atoms with Crippen LogP contribution in [-0.4, -0.2) is 28.2 Å². The molecule has 1 aromatic heterocycles. The highest BCUT2D eigenvalue weighted by atomic mass is 16.5. The summed E-state index contributed by atoms with van der Waals surface area (Å²) in [5, 5.41) is 8.85. The molecule has 0 aliphatic rings. The number of fused-ring (bicyclic) bond motifs is 1. The lowest BCUT2D eigenvalue weighted by atomic mass is 10.1. The van der Waals surface area contributed by atoms with E-state index in [1.807, 2.05) is 36.4 Å². The van der Waals surface area contributed by atoms with E-state index in [-0.39, 0.29) is 6.42 Å². The van der Waals surface area contributed by atoms with Gasteiger partial charge in [0.15, 0.2) is 0 Å². The first-order chi connectivity index (χ1) is 10.2. The summed E-state index contributed by atoms with van der Waals surface area (Å²) >= 11 is 0. The maximum absolute atomic E-state index is 10.8. The molecule has 0 aliphatic heterocycles. The quantitative estimate of drug-likeness (QED) is 0.771. The molecule has 0 fully saturated rings. The molecule has 2 N–H and O–H groups in total. The van der Waals surface area contributed by atoms with E-state index in [9.17, 15) is 4.79 Å². The number of aliphatic carboxylic acids is 1. The number of nitrogens with one attached hydrogen (secondary N) is 1. The van der Waals surface area contributed by atoms with Gasteiger partial charge in [-0.2, -0.15) is 0 Å². The van der Waals surface area contributed by atoms with Crippen LogP contribution in [0.25, 0.3) is 22.4 Å². The number of benzene rings is 2. The minimum Gasteiger partial charge on any atom is -0.496 e. The molecule has 3 aromatic rings. The predicted molar refractivity (Wildman–Crippen MR) is 79.4 cm³/mol. The zero-order chi connectivity index (χ0) is 14.8. The fraction of sp³-hybridized carbons (Fsp3) is 0.125. The van der Waals surface area contributed by atoms with Crippen LogP contribution in [0.1, 0.15) is 5.56 Å². The lowest BCUT2D eigenvalue weighted by molar-refractivity contribution is -0.136. The Balaban J connectivity index is 2.06. The highest BCUT2D eigenvalue weighted by molar-refractivity contribution is 5.82. The summed E-state index contributed by atoms with van der Waals surface area (Å²) in [7, 11) is 1.62. The van der Waals surface area contributed by atoms with Crippen LogP contribution in [0.5, 0.6) is 5.75 Å². The fourth-order valence-corrected chi connectivity index (χ4v) is 2.31. The molecule has 0 aliphatic carbocycles. The van der Waals surface area contributed by atoms with E-state index in [1.54, 1.807) is 13.2 Å². The summed E-state index contributed by atoms with van der Waals surface area (Å²) in [5.41, 5.74) is 3.22. The summed E-state index contributed by atoms with van der Waals surface area (Å²) in [4.78, 5) is 18.5. The molecular formula is C16H14N2O3. The average molecular weight is 282 g/mol. The first-order valence-electron chi connectivity index (χ1n) is 6.51. The number of aromatic amines is 1. The van der Waals surface area contributed by atoms with Gasteiger partial charge in [-0.05, 0) is 29.8 Å². The van der Waals surface area contributed by atoms with Crippen LogP contribution in [0, 0.1) is 0 Å². The van der Waals surface area contributed by atoms with Gasteiger partial charge in [0.05, 0.1) is 30.1 Å². The number of methoxy groups -OCH3 is 1. The summed E-state index contributed by atoms with van der Waals surface area (Å²) in [5.74, 6) is 0.594. The third kappa shape index (κ3) is 2.58. The highest BCUT2D eigenvalue weighted by Crippen LogP contribution is 2.29. The second-order valence-electron chi connectivity index (χ2n) is 4.71. The Kier molecular flexibility index (Phi) is 3.31. The number of H-pyrrole nitrogens is 1. The second-order valence-corrected chi connectivity index (χ2v) is 4.71. The molecule has 0 spiro atoms. The first-order valence-corrected chi connectivity index (χ1v) is 6.51. The van der Waals surface area contributed by atoms with Gasteiger partial charge in [0, 0.05) is 0 Å². The molecule has 0 amide bonds. The Morgan fingerprint density at radius 1 is 1.29 bits per heavy atom. The molecule has 2 aromatic carbocycles. The maximum atomic E-state index is 10.8. The number of rotatable bonds is 4. The first kappa shape index (κ1) is 13.2. The van der Waals surface area contributed by atoms with Crippen molar-refractivity contribution in [3.8, 4) is 17.1 Å². The topological polar surface area (TPSA) is 75.2 Å². The second kappa shape index (κ2) is 5.28. The third-order valence-electron chi connectivity index (χ3n) is 3.26. The molecule has 106 valence electrons. The van der Waals surface area contributed by atoms with Crippen LogP contribution < -0.4 is 4.74 Å². The number of carboxylic acids is 1. The van der Waals surface area contributed by atoms with Crippen LogP contribution in [0.15, 0.2) is 42.5 Å². The molecule has 5 nitrogen and oxygen atoms in total. The monoisotopic (exact) mass is 282 g/mol. The number of hydrogen-bond acceptors (Lipinski definition) is 3. The van der Waals surface area contributed by atoms with Gasteiger partial charge in [-0.1, -0.05) is 18.2 Å². The van der Waals surface area contributed by atoms with Crippen molar-refractivity contribution in [2.24, 2.45) is 0 Å². The molecule has 21 heavy (non-hydrogen) atoms. The number of imidazole rings is 1. The summed E-state index contributed by atoms with van der Waals surface area (Å²) in [6.45, 7) is 0. The highest BCUT2D eigenvalue weighted by Gasteiger charge is 2.10. The molecule has 0 unspecified atom stereocenters. The largest absolute Gasteiger partial charge is 0.496 e. The van der Waals surface area contributed by atoms with Gasteiger partial charge in [0.25, 0.3) is 0 Å². The van der Waals surface area contributed by atoms with E-state index in [0.717, 1.165) is 27.9 Å². The van der Waals surface area contributed by atoms with Crippen molar-refractivity contribution in [1.29, 1.82) is 0 Å². The third-order valence-corrected chi connectivity index (χ3v) is 3.26. The number of ether oxygens (including phenoxy) is 1. The van der Waals surface area contributed by atoms with E-state index >= 15 is 0 Å². The van der Waals surface area contributed by atoms with E-state index in [2.05, 4.69) is 9.97 Å². The zero-order valence-corrected chi connectivity index (χ0v) is 11.5. The summed E-state index contributed by atoms with van der Waals surface area (Å²) in [6, 6.07) is 13.0. The molecule has 0 bridgehead atoms. The number of para-hydroxylation sites is 1. The molecule has 0 saturated carbocycles. The number of carboxylic acid groups (broad SMARTS) is 1. The molecule has 1 heterocycles. The number of hydrogen-bond donors (Lipinski definition) is 2. The van der Waals surface area contributed by atoms with Gasteiger partial charge >= 0.3 is 5.97 Å². The Morgan fingerprint density at radius 3 is 2.86 bits per heavy atom. The van der Waals surface area contributed by atoms with E-state index in [1.165, 1.54) is 0 Å². The minimum atomic E-state index is -0.848. The van der Waals surface area contributed by atoms with Crippen LogP contribution in [0.4, 0.5) is 0 Å². The fourth-order valence-electron chi connectivity index (χ4n) is 2.31. The average Bonchev–Trinajstić information content (AvgIpc) is 2.89. The maximum Gasteiger partial charge on any atom is 0.307 e. The number of aromatic nitrogens is 2. The van der Waals surface area contributed by atoms with Crippen molar-refractivity contribution in [3.05, 3.63) is 48.0 Å². The van der Waals surface area contributed by atoms with Crippen LogP contribution in [-0.2, 0) is 11.2 Å². The SMILES string of the molecule is COc1ccccc1-c1nc2ccc(CC(=O)O)cc2[nH]1. The van der Waals surface area contributed by atoms with Crippen molar-refractivity contribution < 1.29 is 14.6 Å². The Labute approximate surface area is 121 Å². The van der Waals surface area contributed by atoms with Crippen LogP contribution in [0.2, 0.25) is 0 Å². The molecule has 0 atom stereocenters. The van der Waals surface area contributed by atoms with Crippen molar-refractivity contribution >= 4 is 17.0 Å². The van der Waals surface area contributed by atoms with E-state index in [4.69, 9.17) is 9.84 Å².